The van der Waals surface area contributed by atoms with Gasteiger partial charge in [0.2, 0.25) is 5.91 Å². The summed E-state index contributed by atoms with van der Waals surface area (Å²) in [4.78, 5) is 29.1. The summed E-state index contributed by atoms with van der Waals surface area (Å²) in [5.41, 5.74) is 3.75. The third-order valence-corrected chi connectivity index (χ3v) is 7.54. The van der Waals surface area contributed by atoms with E-state index in [1.54, 1.807) is 4.90 Å². The molecule has 1 aliphatic rings. The van der Waals surface area contributed by atoms with Crippen molar-refractivity contribution in [2.24, 2.45) is 0 Å². The van der Waals surface area contributed by atoms with E-state index in [9.17, 15) is 9.59 Å². The van der Waals surface area contributed by atoms with E-state index < -0.39 is 6.04 Å². The molecule has 194 valence electrons. The molecule has 6 heteroatoms. The monoisotopic (exact) mass is 518 g/mol. The average molecular weight is 519 g/mol. The molecule has 0 bridgehead atoms. The second-order valence-electron chi connectivity index (χ2n) is 9.86. The zero-order valence-electron chi connectivity index (χ0n) is 21.6. The number of hydrogen-bond acceptors (Lipinski definition) is 3. The fraction of sp³-hybridized carbons (Fsp3) is 0.355. The highest BCUT2D eigenvalue weighted by Crippen LogP contribution is 2.26. The van der Waals surface area contributed by atoms with Gasteiger partial charge >= 0.3 is 0 Å². The van der Waals surface area contributed by atoms with Crippen LogP contribution in [0.25, 0.3) is 0 Å². The van der Waals surface area contributed by atoms with Gasteiger partial charge in [0.25, 0.3) is 5.91 Å². The van der Waals surface area contributed by atoms with Crippen LogP contribution in [0.1, 0.15) is 47.9 Å². The minimum atomic E-state index is -0.659. The molecule has 0 heterocycles. The molecule has 0 aliphatic heterocycles. The predicted octanol–water partition coefficient (Wildman–Crippen LogP) is 6.03. The Hall–Kier alpha value is -3.31. The normalized spacial score (nSPS) is 14.2. The molecule has 5 nitrogen and oxygen atoms in total. The Morgan fingerprint density at radius 1 is 0.946 bits per heavy atom. The van der Waals surface area contributed by atoms with Gasteiger partial charge in [-0.25, -0.2) is 0 Å². The smallest absolute Gasteiger partial charge is 0.261 e. The van der Waals surface area contributed by atoms with Crippen LogP contribution in [-0.4, -0.2) is 35.4 Å². The number of carbonyl (C=O) groups excluding carboxylic acids is 2. The fourth-order valence-corrected chi connectivity index (χ4v) is 5.03. The molecule has 1 atom stereocenters. The molecule has 0 spiro atoms. The van der Waals surface area contributed by atoms with Gasteiger partial charge in [-0.2, -0.15) is 0 Å². The first-order valence-corrected chi connectivity index (χ1v) is 13.4. The zero-order chi connectivity index (χ0) is 26.2. The number of rotatable bonds is 10. The van der Waals surface area contributed by atoms with Crippen molar-refractivity contribution in [3.8, 4) is 5.75 Å². The highest BCUT2D eigenvalue weighted by molar-refractivity contribution is 6.32. The summed E-state index contributed by atoms with van der Waals surface area (Å²) in [6.07, 6.45) is 4.63. The number of benzene rings is 3. The molecule has 37 heavy (non-hydrogen) atoms. The topological polar surface area (TPSA) is 58.6 Å². The third kappa shape index (κ3) is 7.36. The van der Waals surface area contributed by atoms with Gasteiger partial charge < -0.3 is 15.0 Å². The fourth-order valence-electron chi connectivity index (χ4n) is 4.92. The molecular formula is C31H35ClN2O3. The number of halogens is 1. The molecule has 3 aromatic carbocycles. The molecular weight excluding hydrogens is 484 g/mol. The van der Waals surface area contributed by atoms with Crippen molar-refractivity contribution in [2.75, 3.05) is 6.61 Å². The molecule has 4 rings (SSSR count). The standard InChI is InChI=1S/C31H35ClN2O3/c1-22-17-27(18-23(2)30(22)32)37-21-29(35)34(20-25-13-7-4-8-14-25)28(19-24-11-5-3-6-12-24)31(36)33-26-15-9-10-16-26/h3-8,11-14,17-18,26,28H,9-10,15-16,19-21H2,1-2H3,(H,33,36)/t28-/m0/s1. The van der Waals surface area contributed by atoms with Crippen LogP contribution in [0.5, 0.6) is 5.75 Å². The molecule has 0 radical (unpaired) electrons. The number of nitrogens with one attached hydrogen (secondary N) is 1. The Bertz CT molecular complexity index is 1170. The second kappa shape index (κ2) is 12.8. The number of amides is 2. The number of aryl methyl sites for hydroxylation is 2. The maximum atomic E-state index is 13.7. The maximum Gasteiger partial charge on any atom is 0.261 e. The van der Waals surface area contributed by atoms with Crippen molar-refractivity contribution in [1.82, 2.24) is 10.2 Å². The summed E-state index contributed by atoms with van der Waals surface area (Å²) >= 11 is 6.30. The predicted molar refractivity (Wildman–Crippen MR) is 148 cm³/mol. The van der Waals surface area contributed by atoms with Crippen LogP contribution in [0.4, 0.5) is 0 Å². The zero-order valence-corrected chi connectivity index (χ0v) is 22.3. The van der Waals surface area contributed by atoms with Crippen LogP contribution in [0.2, 0.25) is 5.02 Å². The van der Waals surface area contributed by atoms with Gasteiger partial charge in [-0.05, 0) is 61.1 Å². The van der Waals surface area contributed by atoms with Gasteiger partial charge in [-0.3, -0.25) is 9.59 Å². The lowest BCUT2D eigenvalue weighted by Crippen LogP contribution is -2.53. The third-order valence-electron chi connectivity index (χ3n) is 6.94. The van der Waals surface area contributed by atoms with Gasteiger partial charge in [-0.15, -0.1) is 0 Å². The molecule has 1 saturated carbocycles. The summed E-state index contributed by atoms with van der Waals surface area (Å²) in [5, 5.41) is 3.92. The minimum Gasteiger partial charge on any atom is -0.484 e. The van der Waals surface area contributed by atoms with Crippen LogP contribution in [0.3, 0.4) is 0 Å². The lowest BCUT2D eigenvalue weighted by Gasteiger charge is -2.32. The Labute approximate surface area is 224 Å². The van der Waals surface area contributed by atoms with Crippen molar-refractivity contribution >= 4 is 23.4 Å². The lowest BCUT2D eigenvalue weighted by atomic mass is 10.0. The van der Waals surface area contributed by atoms with E-state index in [1.807, 2.05) is 86.6 Å². The van der Waals surface area contributed by atoms with Crippen molar-refractivity contribution < 1.29 is 14.3 Å². The van der Waals surface area contributed by atoms with Crippen LogP contribution in [-0.2, 0) is 22.6 Å². The molecule has 0 saturated heterocycles. The first kappa shape index (κ1) is 26.7. The Morgan fingerprint density at radius 3 is 2.11 bits per heavy atom. The van der Waals surface area contributed by atoms with Gasteiger partial charge in [0.1, 0.15) is 11.8 Å². The summed E-state index contributed by atoms with van der Waals surface area (Å²) in [6, 6.07) is 22.8. The first-order valence-electron chi connectivity index (χ1n) is 13.0. The van der Waals surface area contributed by atoms with Crippen molar-refractivity contribution in [3.63, 3.8) is 0 Å². The molecule has 2 amide bonds. The van der Waals surface area contributed by atoms with E-state index in [1.165, 1.54) is 0 Å². The van der Waals surface area contributed by atoms with Gasteiger partial charge in [-0.1, -0.05) is 85.1 Å². The van der Waals surface area contributed by atoms with E-state index >= 15 is 0 Å². The average Bonchev–Trinajstić information content (AvgIpc) is 3.42. The van der Waals surface area contributed by atoms with Crippen LogP contribution < -0.4 is 10.1 Å². The molecule has 3 aromatic rings. The van der Waals surface area contributed by atoms with Crippen LogP contribution in [0, 0.1) is 13.8 Å². The molecule has 1 fully saturated rings. The maximum absolute atomic E-state index is 13.7. The molecule has 1 aliphatic carbocycles. The highest BCUT2D eigenvalue weighted by Gasteiger charge is 2.32. The van der Waals surface area contributed by atoms with E-state index in [0.717, 1.165) is 47.9 Å². The largest absolute Gasteiger partial charge is 0.484 e. The van der Waals surface area contributed by atoms with E-state index in [4.69, 9.17) is 16.3 Å². The van der Waals surface area contributed by atoms with Gasteiger partial charge in [0, 0.05) is 24.0 Å². The summed E-state index contributed by atoms with van der Waals surface area (Å²) in [6.45, 7) is 3.97. The lowest BCUT2D eigenvalue weighted by molar-refractivity contribution is -0.143. The van der Waals surface area contributed by atoms with E-state index in [0.29, 0.717) is 23.7 Å². The number of nitrogens with zero attached hydrogens (tertiary/aromatic N) is 1. The number of carbonyl (C=O) groups is 2. The van der Waals surface area contributed by atoms with Crippen LogP contribution >= 0.6 is 11.6 Å². The molecule has 1 N–H and O–H groups in total. The van der Waals surface area contributed by atoms with Crippen LogP contribution in [0.15, 0.2) is 72.8 Å². The SMILES string of the molecule is Cc1cc(OCC(=O)N(Cc2ccccc2)[C@@H](Cc2ccccc2)C(=O)NC2CCCC2)cc(C)c1Cl. The van der Waals surface area contributed by atoms with Gasteiger partial charge in [0.15, 0.2) is 6.61 Å². The van der Waals surface area contributed by atoms with Crippen molar-refractivity contribution in [3.05, 3.63) is 100 Å². The van der Waals surface area contributed by atoms with Crippen molar-refractivity contribution in [1.29, 1.82) is 0 Å². The van der Waals surface area contributed by atoms with E-state index in [-0.39, 0.29) is 24.5 Å². The van der Waals surface area contributed by atoms with E-state index in [2.05, 4.69) is 5.32 Å². The van der Waals surface area contributed by atoms with Crippen molar-refractivity contribution in [2.45, 2.75) is 64.6 Å². The summed E-state index contributed by atoms with van der Waals surface area (Å²) < 4.78 is 5.94. The summed E-state index contributed by atoms with van der Waals surface area (Å²) in [7, 11) is 0. The Balaban J connectivity index is 1.60. The van der Waals surface area contributed by atoms with Gasteiger partial charge in [0.05, 0.1) is 0 Å². The summed E-state index contributed by atoms with van der Waals surface area (Å²) in [5.74, 6) is 0.234. The highest BCUT2D eigenvalue weighted by atomic mass is 35.5. The minimum absolute atomic E-state index is 0.113. The second-order valence-corrected chi connectivity index (χ2v) is 10.2. The quantitative estimate of drug-likeness (QED) is 0.356. The Morgan fingerprint density at radius 2 is 1.51 bits per heavy atom. The molecule has 0 unspecified atom stereocenters. The number of hydrogen-bond donors (Lipinski definition) is 1. The Kier molecular flexibility index (Phi) is 9.24. The first-order chi connectivity index (χ1) is 17.9. The molecule has 0 aromatic heterocycles. The number of ether oxygens (including phenoxy) is 1.